The summed E-state index contributed by atoms with van der Waals surface area (Å²) in [7, 11) is -23.2. The number of hydrogen-bond acceptors (Lipinski definition) is 10. The van der Waals surface area contributed by atoms with Crippen LogP contribution in [0.5, 0.6) is 0 Å². The van der Waals surface area contributed by atoms with Crippen molar-refractivity contribution in [2.24, 2.45) is 0 Å². The molecule has 1 atom stereocenters. The fourth-order valence-corrected chi connectivity index (χ4v) is 8.94. The topological polar surface area (TPSA) is 235 Å². The minimum Gasteiger partial charge on any atom is -0.282 e. The molecule has 0 fully saturated rings. The van der Waals surface area contributed by atoms with Gasteiger partial charge >= 0.3 is 0 Å². The van der Waals surface area contributed by atoms with E-state index in [9.17, 15) is 56.1 Å². The molecule has 0 amide bonds. The molecule has 1 unspecified atom stereocenters. The van der Waals surface area contributed by atoms with E-state index in [0.29, 0.717) is 12.1 Å². The summed E-state index contributed by atoms with van der Waals surface area (Å²) in [5, 5.41) is 0. The van der Waals surface area contributed by atoms with Crippen LogP contribution in [0.2, 0.25) is 0 Å². The van der Waals surface area contributed by atoms with Crippen molar-refractivity contribution < 1.29 is 56.1 Å². The molecule has 0 bridgehead atoms. The largest absolute Gasteiger partial charge is 0.295 e. The smallest absolute Gasteiger partial charge is 0.282 e. The van der Waals surface area contributed by atoms with Crippen molar-refractivity contribution >= 4 is 63.0 Å². The highest BCUT2D eigenvalue weighted by Crippen LogP contribution is 2.41. The first kappa shape index (κ1) is 26.8. The zero-order chi connectivity index (χ0) is 24.9. The van der Waals surface area contributed by atoms with E-state index in [2.05, 4.69) is 0 Å². The van der Waals surface area contributed by atoms with Gasteiger partial charge in [0.1, 0.15) is 19.6 Å². The maximum Gasteiger partial charge on any atom is 0.295 e. The number of rotatable bonds is 7. The number of benzene rings is 2. The summed E-state index contributed by atoms with van der Waals surface area (Å²) in [6.07, 6.45) is 0.843. The van der Waals surface area contributed by atoms with Crippen molar-refractivity contribution in [2.45, 2.75) is 34.3 Å². The zero-order valence-electron chi connectivity index (χ0n) is 15.3. The van der Waals surface area contributed by atoms with Gasteiger partial charge in [0.2, 0.25) is 0 Å². The number of hydrogen-bond donors (Lipinski definition) is 4. The van der Waals surface area contributed by atoms with Gasteiger partial charge in [0, 0.05) is 11.2 Å². The summed E-state index contributed by atoms with van der Waals surface area (Å²) in [4.78, 5) is -7.06. The third-order valence-corrected chi connectivity index (χ3v) is 9.75. The average Bonchev–Trinajstić information content (AvgIpc) is 2.57. The normalized spacial score (nSPS) is 14.3. The zero-order valence-corrected chi connectivity index (χ0v) is 20.2. The van der Waals surface area contributed by atoms with Gasteiger partial charge in [0.05, 0.1) is 20.6 Å². The van der Waals surface area contributed by atoms with Gasteiger partial charge in [-0.05, 0) is 24.3 Å². The molecule has 0 aromatic heterocycles. The molecular formula is C13H12O13S6. The minimum absolute atomic E-state index is 0.0472. The molecule has 0 saturated heterocycles. The first-order valence-electron chi connectivity index (χ1n) is 7.47. The molecular weight excluding hydrogens is 557 g/mol. The van der Waals surface area contributed by atoms with E-state index in [0.717, 1.165) is 24.5 Å². The molecule has 0 saturated carbocycles. The van der Waals surface area contributed by atoms with Crippen LogP contribution in [0.1, 0.15) is 0 Å². The van der Waals surface area contributed by atoms with Crippen molar-refractivity contribution in [3.05, 3.63) is 30.3 Å². The van der Waals surface area contributed by atoms with E-state index >= 15 is 0 Å². The molecule has 19 heteroatoms. The van der Waals surface area contributed by atoms with Gasteiger partial charge in [-0.15, -0.1) is 0 Å². The van der Waals surface area contributed by atoms with Crippen LogP contribution in [-0.4, -0.2) is 62.3 Å². The Balaban J connectivity index is 3.02. The Hall–Kier alpha value is -1.42. The third kappa shape index (κ3) is 5.92. The fourth-order valence-electron chi connectivity index (χ4n) is 2.40. The summed E-state index contributed by atoms with van der Waals surface area (Å²) in [5.74, 6) is 0. The Labute approximate surface area is 189 Å². The monoisotopic (exact) mass is 568 g/mol. The van der Waals surface area contributed by atoms with Crippen LogP contribution in [-0.2, 0) is 51.3 Å². The molecule has 2 rings (SSSR count). The van der Waals surface area contributed by atoms with Crippen LogP contribution in [0.4, 0.5) is 0 Å². The van der Waals surface area contributed by atoms with E-state index in [4.69, 9.17) is 0 Å². The Morgan fingerprint density at radius 3 is 1.31 bits per heavy atom. The Morgan fingerprint density at radius 2 is 1.03 bits per heavy atom. The van der Waals surface area contributed by atoms with Crippen molar-refractivity contribution in [3.63, 3.8) is 0 Å². The lowest BCUT2D eigenvalue weighted by Crippen LogP contribution is -2.12. The second kappa shape index (κ2) is 8.74. The van der Waals surface area contributed by atoms with Crippen LogP contribution in [0.3, 0.4) is 0 Å². The first-order valence-corrected chi connectivity index (χ1v) is 15.6. The van der Waals surface area contributed by atoms with Crippen molar-refractivity contribution in [1.29, 1.82) is 0 Å². The Morgan fingerprint density at radius 1 is 0.688 bits per heavy atom. The molecule has 0 heterocycles. The van der Waals surface area contributed by atoms with E-state index in [1.165, 1.54) is 0 Å². The van der Waals surface area contributed by atoms with Gasteiger partial charge in [0.15, 0.2) is 0 Å². The quantitative estimate of drug-likeness (QED) is 0.334. The molecule has 0 spiro atoms. The predicted molar refractivity (Wildman–Crippen MR) is 109 cm³/mol. The lowest BCUT2D eigenvalue weighted by atomic mass is 10.3. The second-order valence-electron chi connectivity index (χ2n) is 5.79. The first-order chi connectivity index (χ1) is 14.2. The van der Waals surface area contributed by atoms with Crippen LogP contribution in [0.15, 0.2) is 64.6 Å². The van der Waals surface area contributed by atoms with Gasteiger partial charge in [-0.1, -0.05) is 17.8 Å². The summed E-state index contributed by atoms with van der Waals surface area (Å²) >= 11 is 0.0472. The Bertz CT molecular complexity index is 1450. The van der Waals surface area contributed by atoms with Gasteiger partial charge < -0.3 is 0 Å². The molecule has 0 aliphatic carbocycles. The van der Waals surface area contributed by atoms with E-state index in [1.54, 1.807) is 0 Å². The molecule has 0 radical (unpaired) electrons. The van der Waals surface area contributed by atoms with Crippen molar-refractivity contribution in [2.75, 3.05) is 6.26 Å². The van der Waals surface area contributed by atoms with Crippen molar-refractivity contribution in [1.82, 2.24) is 0 Å². The molecule has 0 aliphatic heterocycles. The average molecular weight is 569 g/mol. The molecule has 32 heavy (non-hydrogen) atoms. The molecule has 4 N–H and O–H groups in total. The van der Waals surface area contributed by atoms with Crippen LogP contribution in [0.25, 0.3) is 0 Å². The highest BCUT2D eigenvalue weighted by atomic mass is 32.2. The van der Waals surface area contributed by atoms with Gasteiger partial charge in [-0.2, -0.15) is 33.7 Å². The summed E-state index contributed by atoms with van der Waals surface area (Å²) < 4.78 is 143. The standard InChI is InChI=1S/C13H12O13S6/c1-28(14)13-10(31(21,22)23)5-7(6-11(13)32(24,25)26)27-12-8(29(15,16)17)3-2-4-9(12)30(18,19)20/h2-6H,1H3,(H,15,16,17)(H,18,19,20)(H,21,22,23)(H,24,25,26). The van der Waals surface area contributed by atoms with E-state index in [-0.39, 0.29) is 11.8 Å². The maximum absolute atomic E-state index is 11.9. The lowest BCUT2D eigenvalue weighted by Gasteiger charge is -2.14. The minimum atomic E-state index is -5.27. The van der Waals surface area contributed by atoms with E-state index < -0.39 is 85.5 Å². The fraction of sp³-hybridized carbons (Fsp3) is 0.0769. The van der Waals surface area contributed by atoms with Gasteiger partial charge in [0.25, 0.3) is 40.5 Å². The molecule has 13 nitrogen and oxygen atoms in total. The predicted octanol–water partition coefficient (Wildman–Crippen LogP) is 0.562. The van der Waals surface area contributed by atoms with Crippen LogP contribution < -0.4 is 0 Å². The maximum atomic E-state index is 11.9. The summed E-state index contributed by atoms with van der Waals surface area (Å²) in [5.41, 5.74) is 0. The second-order valence-corrected chi connectivity index (χ2v) is 13.7. The Kier molecular flexibility index (Phi) is 7.33. The van der Waals surface area contributed by atoms with Crippen LogP contribution >= 0.6 is 11.8 Å². The summed E-state index contributed by atoms with van der Waals surface area (Å²) in [6.45, 7) is 0. The highest BCUT2D eigenvalue weighted by molar-refractivity contribution is 8.00. The van der Waals surface area contributed by atoms with E-state index in [1.807, 2.05) is 0 Å². The van der Waals surface area contributed by atoms with Gasteiger partial charge in [-0.25, -0.2) is 0 Å². The molecule has 2 aromatic rings. The molecule has 2 aromatic carbocycles. The SMILES string of the molecule is CS(=O)c1c(S(=O)(=O)O)cc(Sc2c(S(=O)(=O)O)cccc2S(=O)(=O)O)cc1S(=O)(=O)O. The molecule has 0 aliphatic rings. The van der Waals surface area contributed by atoms with Gasteiger partial charge in [-0.3, -0.25) is 22.4 Å². The lowest BCUT2D eigenvalue weighted by molar-refractivity contribution is 0.470. The summed E-state index contributed by atoms with van der Waals surface area (Å²) in [6, 6.07) is 3.37. The third-order valence-electron chi connectivity index (χ3n) is 3.56. The van der Waals surface area contributed by atoms with Crippen molar-refractivity contribution in [3.8, 4) is 0 Å². The molecule has 178 valence electrons. The van der Waals surface area contributed by atoms with Crippen LogP contribution in [0, 0.1) is 0 Å². The highest BCUT2D eigenvalue weighted by Gasteiger charge is 2.30.